The quantitative estimate of drug-likeness (QED) is 0.807. The minimum Gasteiger partial charge on any atom is -0.361 e. The molecule has 5 heteroatoms. The Kier molecular flexibility index (Phi) is 4.71. The van der Waals surface area contributed by atoms with E-state index in [4.69, 9.17) is 4.74 Å². The summed E-state index contributed by atoms with van der Waals surface area (Å²) in [6, 6.07) is 15.9. The minimum absolute atomic E-state index is 0.0383. The van der Waals surface area contributed by atoms with Gasteiger partial charge in [0.15, 0.2) is 5.60 Å². The maximum atomic E-state index is 13.2. The van der Waals surface area contributed by atoms with Crippen LogP contribution in [0.25, 0.3) is 0 Å². The number of ether oxygens (including phenoxy) is 1. The molecule has 2 fully saturated rings. The fourth-order valence-corrected chi connectivity index (χ4v) is 4.58. The van der Waals surface area contributed by atoms with Crippen molar-refractivity contribution in [1.82, 2.24) is 9.80 Å². The van der Waals surface area contributed by atoms with Gasteiger partial charge < -0.3 is 14.5 Å². The lowest BCUT2D eigenvalue weighted by Gasteiger charge is -2.42. The van der Waals surface area contributed by atoms with Gasteiger partial charge in [0.05, 0.1) is 13.2 Å². The molecule has 4 rings (SSSR count). The number of hydrogen-bond acceptors (Lipinski definition) is 3. The van der Waals surface area contributed by atoms with E-state index in [0.717, 1.165) is 16.7 Å². The van der Waals surface area contributed by atoms with E-state index in [1.807, 2.05) is 56.3 Å². The molecular weight excluding hydrogens is 352 g/mol. The number of likely N-dealkylation sites (N-methyl/N-ethyl adjacent to an activating group) is 1. The number of carbonyl (C=O) groups excluding carboxylic acids is 2. The van der Waals surface area contributed by atoms with Crippen LogP contribution < -0.4 is 0 Å². The van der Waals surface area contributed by atoms with Crippen LogP contribution in [0.3, 0.4) is 0 Å². The molecule has 2 aromatic carbocycles. The molecule has 0 aromatic heterocycles. The first-order valence-corrected chi connectivity index (χ1v) is 9.73. The van der Waals surface area contributed by atoms with Crippen molar-refractivity contribution in [2.75, 3.05) is 33.3 Å². The Bertz CT molecular complexity index is 891. The fourth-order valence-electron chi connectivity index (χ4n) is 4.58. The highest BCUT2D eigenvalue weighted by atomic mass is 16.5. The van der Waals surface area contributed by atoms with Gasteiger partial charge in [0.2, 0.25) is 0 Å². The number of benzene rings is 2. The average Bonchev–Trinajstić information content (AvgIpc) is 2.92. The summed E-state index contributed by atoms with van der Waals surface area (Å²) in [6.45, 7) is 5.71. The van der Waals surface area contributed by atoms with E-state index in [1.165, 1.54) is 0 Å². The van der Waals surface area contributed by atoms with Crippen LogP contribution in [0, 0.1) is 13.8 Å². The summed E-state index contributed by atoms with van der Waals surface area (Å²) in [6.07, 6.45) is 0. The first-order chi connectivity index (χ1) is 13.4. The Morgan fingerprint density at radius 3 is 2.46 bits per heavy atom. The standard InChI is InChI=1S/C23H26N2O3/c1-16-11-17(2)13-19(12-16)21(26)25-9-10-28-23(15-25)20(14-24(3)22(23)27)18-7-5-4-6-8-18/h4-8,11-13,20H,9-10,14-15H2,1-3H3/t20-,23+/m1/s1. The number of amides is 2. The third kappa shape index (κ3) is 3.10. The number of morpholine rings is 1. The van der Waals surface area contributed by atoms with Crippen LogP contribution in [-0.2, 0) is 9.53 Å². The first-order valence-electron chi connectivity index (χ1n) is 9.73. The number of carbonyl (C=O) groups is 2. The maximum absolute atomic E-state index is 13.2. The largest absolute Gasteiger partial charge is 0.361 e. The van der Waals surface area contributed by atoms with E-state index in [1.54, 1.807) is 16.8 Å². The predicted octanol–water partition coefficient (Wildman–Crippen LogP) is 2.77. The zero-order valence-corrected chi connectivity index (χ0v) is 16.6. The van der Waals surface area contributed by atoms with Crippen LogP contribution in [0.15, 0.2) is 48.5 Å². The molecule has 0 saturated carbocycles. The third-order valence-electron chi connectivity index (χ3n) is 5.83. The summed E-state index contributed by atoms with van der Waals surface area (Å²) in [5.41, 5.74) is 2.85. The molecule has 0 unspecified atom stereocenters. The van der Waals surface area contributed by atoms with Crippen LogP contribution in [0.5, 0.6) is 0 Å². The second kappa shape index (κ2) is 7.06. The maximum Gasteiger partial charge on any atom is 0.257 e. The predicted molar refractivity (Wildman–Crippen MR) is 107 cm³/mol. The van der Waals surface area contributed by atoms with Crippen LogP contribution in [-0.4, -0.2) is 60.5 Å². The minimum atomic E-state index is -1.01. The molecule has 0 radical (unpaired) electrons. The van der Waals surface area contributed by atoms with Crippen molar-refractivity contribution >= 4 is 11.8 Å². The molecule has 2 heterocycles. The molecule has 0 bridgehead atoms. The van der Waals surface area contributed by atoms with Crippen molar-refractivity contribution in [3.8, 4) is 0 Å². The van der Waals surface area contributed by atoms with Crippen molar-refractivity contribution in [1.29, 1.82) is 0 Å². The summed E-state index contributed by atoms with van der Waals surface area (Å²) in [7, 11) is 1.81. The number of nitrogens with zero attached hydrogens (tertiary/aromatic N) is 2. The molecule has 2 aliphatic heterocycles. The zero-order chi connectivity index (χ0) is 19.9. The van der Waals surface area contributed by atoms with Crippen molar-refractivity contribution in [3.63, 3.8) is 0 Å². The molecule has 146 valence electrons. The molecule has 28 heavy (non-hydrogen) atoms. The van der Waals surface area contributed by atoms with E-state index in [-0.39, 0.29) is 24.3 Å². The monoisotopic (exact) mass is 378 g/mol. The number of aryl methyl sites for hydroxylation is 2. The molecule has 2 amide bonds. The summed E-state index contributed by atoms with van der Waals surface area (Å²) < 4.78 is 6.15. The molecule has 2 aliphatic rings. The van der Waals surface area contributed by atoms with Gasteiger partial charge in [-0.3, -0.25) is 9.59 Å². The fraction of sp³-hybridized carbons (Fsp3) is 0.391. The molecule has 0 N–H and O–H groups in total. The van der Waals surface area contributed by atoms with Crippen molar-refractivity contribution in [3.05, 3.63) is 70.8 Å². The van der Waals surface area contributed by atoms with Crippen molar-refractivity contribution < 1.29 is 14.3 Å². The Morgan fingerprint density at radius 1 is 1.11 bits per heavy atom. The van der Waals surface area contributed by atoms with Gasteiger partial charge in [-0.2, -0.15) is 0 Å². The van der Waals surface area contributed by atoms with Crippen LogP contribution in [0.1, 0.15) is 33.0 Å². The van der Waals surface area contributed by atoms with E-state index in [2.05, 4.69) is 6.07 Å². The highest BCUT2D eigenvalue weighted by Crippen LogP contribution is 2.41. The molecule has 2 aromatic rings. The second-order valence-corrected chi connectivity index (χ2v) is 7.99. The highest BCUT2D eigenvalue weighted by Gasteiger charge is 2.57. The van der Waals surface area contributed by atoms with Gasteiger partial charge in [-0.25, -0.2) is 0 Å². The lowest BCUT2D eigenvalue weighted by Crippen LogP contribution is -2.59. The topological polar surface area (TPSA) is 49.9 Å². The molecule has 2 saturated heterocycles. The number of likely N-dealkylation sites (tertiary alicyclic amines) is 1. The van der Waals surface area contributed by atoms with Gasteiger partial charge in [-0.1, -0.05) is 47.5 Å². The smallest absolute Gasteiger partial charge is 0.257 e. The van der Waals surface area contributed by atoms with Gasteiger partial charge in [0.1, 0.15) is 0 Å². The summed E-state index contributed by atoms with van der Waals surface area (Å²) >= 11 is 0. The van der Waals surface area contributed by atoms with E-state index < -0.39 is 5.60 Å². The molecule has 1 spiro atoms. The second-order valence-electron chi connectivity index (χ2n) is 7.99. The molecule has 2 atom stereocenters. The third-order valence-corrected chi connectivity index (χ3v) is 5.83. The highest BCUT2D eigenvalue weighted by molar-refractivity contribution is 5.96. The summed E-state index contributed by atoms with van der Waals surface area (Å²) in [5.74, 6) is -0.177. The van der Waals surface area contributed by atoms with Gasteiger partial charge in [-0.15, -0.1) is 0 Å². The first kappa shape index (κ1) is 18.7. The molecule has 5 nitrogen and oxygen atoms in total. The van der Waals surface area contributed by atoms with Crippen LogP contribution in [0.2, 0.25) is 0 Å². The molecular formula is C23H26N2O3. The lowest BCUT2D eigenvalue weighted by atomic mass is 9.83. The zero-order valence-electron chi connectivity index (χ0n) is 16.6. The van der Waals surface area contributed by atoms with Crippen LogP contribution in [0.4, 0.5) is 0 Å². The Hall–Kier alpha value is -2.66. The number of hydrogen-bond donors (Lipinski definition) is 0. The van der Waals surface area contributed by atoms with Gasteiger partial charge in [0.25, 0.3) is 11.8 Å². The Balaban J connectivity index is 1.67. The van der Waals surface area contributed by atoms with E-state index in [9.17, 15) is 9.59 Å². The van der Waals surface area contributed by atoms with Crippen molar-refractivity contribution in [2.45, 2.75) is 25.4 Å². The van der Waals surface area contributed by atoms with E-state index >= 15 is 0 Å². The Labute approximate surface area is 165 Å². The van der Waals surface area contributed by atoms with E-state index in [0.29, 0.717) is 25.3 Å². The lowest BCUT2D eigenvalue weighted by molar-refractivity contribution is -0.159. The van der Waals surface area contributed by atoms with Gasteiger partial charge in [0, 0.05) is 31.6 Å². The Morgan fingerprint density at radius 2 is 1.79 bits per heavy atom. The summed E-state index contributed by atoms with van der Waals surface area (Å²) in [4.78, 5) is 29.9. The summed E-state index contributed by atoms with van der Waals surface area (Å²) in [5, 5.41) is 0. The molecule has 0 aliphatic carbocycles. The van der Waals surface area contributed by atoms with Crippen LogP contribution >= 0.6 is 0 Å². The number of rotatable bonds is 2. The van der Waals surface area contributed by atoms with Crippen molar-refractivity contribution in [2.24, 2.45) is 0 Å². The average molecular weight is 378 g/mol. The normalized spacial score (nSPS) is 24.8. The SMILES string of the molecule is Cc1cc(C)cc(C(=O)N2CCO[C@]3(C2)C(=O)N(C)C[C@@H]3c2ccccc2)c1. The van der Waals surface area contributed by atoms with Gasteiger partial charge >= 0.3 is 0 Å². The van der Waals surface area contributed by atoms with Gasteiger partial charge in [-0.05, 0) is 31.5 Å².